The van der Waals surface area contributed by atoms with Crippen molar-refractivity contribution in [1.82, 2.24) is 9.97 Å². The summed E-state index contributed by atoms with van der Waals surface area (Å²) in [6.07, 6.45) is 0.453. The molecule has 0 fully saturated rings. The van der Waals surface area contributed by atoms with Gasteiger partial charge in [-0.25, -0.2) is 9.97 Å². The first-order valence-electron chi connectivity index (χ1n) is 9.72. The van der Waals surface area contributed by atoms with Crippen LogP contribution in [0.2, 0.25) is 0 Å². The van der Waals surface area contributed by atoms with Crippen LogP contribution in [0.1, 0.15) is 41.0 Å². The molecule has 29 heavy (non-hydrogen) atoms. The second-order valence-corrected chi connectivity index (χ2v) is 8.98. The molecule has 0 atom stereocenters. The lowest BCUT2D eigenvalue weighted by atomic mass is 10.1. The van der Waals surface area contributed by atoms with Gasteiger partial charge in [0.15, 0.2) is 5.13 Å². The van der Waals surface area contributed by atoms with E-state index in [0.29, 0.717) is 19.0 Å². The number of nitriles is 1. The number of nitrogens with zero attached hydrogens (tertiary/aromatic N) is 3. The fourth-order valence-electron chi connectivity index (χ4n) is 2.82. The second-order valence-electron chi connectivity index (χ2n) is 8.12. The molecule has 0 aliphatic rings. The van der Waals surface area contributed by atoms with Crippen LogP contribution in [0.25, 0.3) is 22.3 Å². The van der Waals surface area contributed by atoms with Crippen LogP contribution in [0.3, 0.4) is 0 Å². The summed E-state index contributed by atoms with van der Waals surface area (Å²) in [5.74, 6) is 0.785. The van der Waals surface area contributed by atoms with Crippen molar-refractivity contribution in [3.8, 4) is 23.2 Å². The summed E-state index contributed by atoms with van der Waals surface area (Å²) in [6, 6.07) is 10.4. The number of hydrogen-bond acceptors (Lipinski definition) is 7. The number of fused-ring (bicyclic) bond motifs is 1. The SMILES string of the molecule is CC(C)Nc1nc(-c2cc(OC(C)(C)C)c3ccc(NCCC#N)cc3n2)cs1. The van der Waals surface area contributed by atoms with E-state index in [2.05, 4.69) is 35.5 Å². The Balaban J connectivity index is 2.04. The van der Waals surface area contributed by atoms with E-state index in [0.717, 1.165) is 38.9 Å². The van der Waals surface area contributed by atoms with Crippen LogP contribution in [0.5, 0.6) is 5.75 Å². The van der Waals surface area contributed by atoms with Crippen LogP contribution in [0.4, 0.5) is 10.8 Å². The zero-order valence-electron chi connectivity index (χ0n) is 17.5. The minimum absolute atomic E-state index is 0.320. The van der Waals surface area contributed by atoms with Gasteiger partial charge in [0, 0.05) is 35.1 Å². The van der Waals surface area contributed by atoms with Gasteiger partial charge in [-0.1, -0.05) is 0 Å². The molecular weight excluding hydrogens is 382 g/mol. The Morgan fingerprint density at radius 3 is 2.66 bits per heavy atom. The van der Waals surface area contributed by atoms with E-state index >= 15 is 0 Å². The van der Waals surface area contributed by atoms with Gasteiger partial charge in [-0.05, 0) is 52.8 Å². The molecule has 0 aliphatic carbocycles. The lowest BCUT2D eigenvalue weighted by Crippen LogP contribution is -2.23. The van der Waals surface area contributed by atoms with E-state index in [1.165, 1.54) is 0 Å². The highest BCUT2D eigenvalue weighted by Gasteiger charge is 2.17. The van der Waals surface area contributed by atoms with Gasteiger partial charge in [0.05, 0.1) is 23.7 Å². The second kappa shape index (κ2) is 8.66. The summed E-state index contributed by atoms with van der Waals surface area (Å²) in [5, 5.41) is 19.2. The highest BCUT2D eigenvalue weighted by molar-refractivity contribution is 7.14. The highest BCUT2D eigenvalue weighted by Crippen LogP contribution is 2.34. The first kappa shape index (κ1) is 20.9. The predicted octanol–water partition coefficient (Wildman–Crippen LogP) is 5.68. The molecule has 2 heterocycles. The number of hydrogen-bond donors (Lipinski definition) is 2. The first-order valence-corrected chi connectivity index (χ1v) is 10.6. The van der Waals surface area contributed by atoms with Crippen molar-refractivity contribution in [3.05, 3.63) is 29.6 Å². The molecule has 152 valence electrons. The third-order valence-electron chi connectivity index (χ3n) is 3.93. The number of aromatic nitrogens is 2. The van der Waals surface area contributed by atoms with E-state index in [1.54, 1.807) is 11.3 Å². The molecule has 6 nitrogen and oxygen atoms in total. The topological polar surface area (TPSA) is 82.9 Å². The van der Waals surface area contributed by atoms with Crippen LogP contribution in [0.15, 0.2) is 29.6 Å². The average Bonchev–Trinajstić information content (AvgIpc) is 3.08. The van der Waals surface area contributed by atoms with Gasteiger partial charge in [-0.15, -0.1) is 11.3 Å². The quantitative estimate of drug-likeness (QED) is 0.488. The Hall–Kier alpha value is -2.85. The van der Waals surface area contributed by atoms with Crippen LogP contribution in [0, 0.1) is 11.3 Å². The van der Waals surface area contributed by atoms with Crippen LogP contribution < -0.4 is 15.4 Å². The lowest BCUT2D eigenvalue weighted by molar-refractivity contribution is 0.133. The van der Waals surface area contributed by atoms with Gasteiger partial charge >= 0.3 is 0 Å². The molecule has 7 heteroatoms. The molecule has 0 unspecified atom stereocenters. The van der Waals surface area contributed by atoms with Gasteiger partial charge < -0.3 is 15.4 Å². The summed E-state index contributed by atoms with van der Waals surface area (Å²) in [7, 11) is 0. The minimum Gasteiger partial charge on any atom is -0.487 e. The van der Waals surface area contributed by atoms with Crippen molar-refractivity contribution in [2.75, 3.05) is 17.2 Å². The molecule has 2 aromatic heterocycles. The maximum Gasteiger partial charge on any atom is 0.183 e. The van der Waals surface area contributed by atoms with E-state index < -0.39 is 0 Å². The lowest BCUT2D eigenvalue weighted by Gasteiger charge is -2.23. The number of rotatable bonds is 7. The summed E-state index contributed by atoms with van der Waals surface area (Å²) in [6.45, 7) is 10.9. The monoisotopic (exact) mass is 409 g/mol. The van der Waals surface area contributed by atoms with E-state index in [1.807, 2.05) is 50.4 Å². The third-order valence-corrected chi connectivity index (χ3v) is 4.71. The Bertz CT molecular complexity index is 1030. The Morgan fingerprint density at radius 1 is 1.17 bits per heavy atom. The zero-order chi connectivity index (χ0) is 21.0. The Kier molecular flexibility index (Phi) is 6.23. The van der Waals surface area contributed by atoms with Crippen molar-refractivity contribution in [1.29, 1.82) is 5.26 Å². The van der Waals surface area contributed by atoms with Crippen molar-refractivity contribution in [3.63, 3.8) is 0 Å². The first-order chi connectivity index (χ1) is 13.7. The van der Waals surface area contributed by atoms with Gasteiger partial charge in [-0.2, -0.15) is 5.26 Å². The number of ether oxygens (including phenoxy) is 1. The van der Waals surface area contributed by atoms with E-state index in [9.17, 15) is 0 Å². The van der Waals surface area contributed by atoms with Crippen LogP contribution in [-0.2, 0) is 0 Å². The molecule has 3 rings (SSSR count). The molecular formula is C22H27N5OS. The predicted molar refractivity (Wildman–Crippen MR) is 121 cm³/mol. The highest BCUT2D eigenvalue weighted by atomic mass is 32.1. The largest absolute Gasteiger partial charge is 0.487 e. The normalized spacial score (nSPS) is 11.5. The fourth-order valence-corrected chi connectivity index (χ4v) is 3.67. The van der Waals surface area contributed by atoms with Gasteiger partial charge in [0.1, 0.15) is 17.0 Å². The maximum absolute atomic E-state index is 8.75. The summed E-state index contributed by atoms with van der Waals surface area (Å²) in [4.78, 5) is 9.53. The molecule has 0 saturated heterocycles. The standard InChI is InChI=1S/C22H27N5OS/c1-14(2)25-21-27-19(13-29-21)18-12-20(28-22(3,4)5)16-8-7-15(11-17(16)26-18)24-10-6-9-23/h7-8,11-14,24H,6,10H2,1-5H3,(H,25,27). The molecule has 0 spiro atoms. The van der Waals surface area contributed by atoms with Crippen LogP contribution in [-0.4, -0.2) is 28.2 Å². The van der Waals surface area contributed by atoms with Crippen LogP contribution >= 0.6 is 11.3 Å². The summed E-state index contributed by atoms with van der Waals surface area (Å²) < 4.78 is 6.24. The Labute approximate surface area is 176 Å². The van der Waals surface area contributed by atoms with E-state index in [-0.39, 0.29) is 5.60 Å². The smallest absolute Gasteiger partial charge is 0.183 e. The number of pyridine rings is 1. The number of nitrogens with one attached hydrogen (secondary N) is 2. The number of anilines is 2. The van der Waals surface area contributed by atoms with Crippen molar-refractivity contribution >= 4 is 33.1 Å². The van der Waals surface area contributed by atoms with Crippen molar-refractivity contribution in [2.24, 2.45) is 0 Å². The zero-order valence-corrected chi connectivity index (χ0v) is 18.4. The maximum atomic E-state index is 8.75. The fraction of sp³-hybridized carbons (Fsp3) is 0.409. The molecule has 0 aliphatic heterocycles. The van der Waals surface area contributed by atoms with Crippen molar-refractivity contribution in [2.45, 2.75) is 52.7 Å². The average molecular weight is 410 g/mol. The molecule has 0 saturated carbocycles. The molecule has 1 aromatic carbocycles. The minimum atomic E-state index is -0.332. The molecule has 0 bridgehead atoms. The molecule has 3 aromatic rings. The van der Waals surface area contributed by atoms with Crippen molar-refractivity contribution < 1.29 is 4.74 Å². The van der Waals surface area contributed by atoms with Gasteiger partial charge in [0.2, 0.25) is 0 Å². The van der Waals surface area contributed by atoms with E-state index in [4.69, 9.17) is 15.0 Å². The molecule has 0 radical (unpaired) electrons. The summed E-state index contributed by atoms with van der Waals surface area (Å²) >= 11 is 1.57. The molecule has 2 N–H and O–H groups in total. The van der Waals surface area contributed by atoms with Gasteiger partial charge in [0.25, 0.3) is 0 Å². The third kappa shape index (κ3) is 5.58. The number of benzene rings is 1. The molecule has 0 amide bonds. The Morgan fingerprint density at radius 2 is 1.97 bits per heavy atom. The van der Waals surface area contributed by atoms with Gasteiger partial charge in [-0.3, -0.25) is 0 Å². The number of thiazole rings is 1. The summed E-state index contributed by atoms with van der Waals surface area (Å²) in [5.41, 5.74) is 3.03.